The molecule has 1 N–H and O–H groups in total. The summed E-state index contributed by atoms with van der Waals surface area (Å²) in [5.74, 6) is 1.81. The minimum Gasteiger partial charge on any atom is -0.393 e. The molecule has 0 aliphatic heterocycles. The Morgan fingerprint density at radius 1 is 0.875 bits per heavy atom. The van der Waals surface area contributed by atoms with Crippen molar-refractivity contribution in [1.82, 2.24) is 0 Å². The van der Waals surface area contributed by atoms with Crippen LogP contribution in [0.1, 0.15) is 59.8 Å². The van der Waals surface area contributed by atoms with Gasteiger partial charge in [-0.1, -0.05) is 27.7 Å². The fourth-order valence-corrected chi connectivity index (χ4v) is 5.44. The van der Waals surface area contributed by atoms with Gasteiger partial charge in [-0.2, -0.15) is 0 Å². The molecule has 3 aliphatic carbocycles. The second-order valence-corrected chi connectivity index (χ2v) is 7.83. The fraction of sp³-hybridized carbons (Fsp3) is 1.00. The quantitative estimate of drug-likeness (QED) is 0.664. The van der Waals surface area contributed by atoms with Gasteiger partial charge in [-0.25, -0.2) is 0 Å². The maximum Gasteiger partial charge on any atom is 0.0599 e. The molecule has 0 radical (unpaired) electrons. The van der Waals surface area contributed by atoms with Gasteiger partial charge in [0.25, 0.3) is 0 Å². The van der Waals surface area contributed by atoms with Crippen LogP contribution >= 0.6 is 0 Å². The van der Waals surface area contributed by atoms with Crippen LogP contribution in [0.2, 0.25) is 0 Å². The van der Waals surface area contributed by atoms with E-state index in [4.69, 9.17) is 0 Å². The summed E-state index contributed by atoms with van der Waals surface area (Å²) in [4.78, 5) is 0. The first-order chi connectivity index (χ1) is 7.31. The molecule has 5 atom stereocenters. The Bertz CT molecular complexity index is 321. The summed E-state index contributed by atoms with van der Waals surface area (Å²) < 4.78 is 0. The van der Waals surface area contributed by atoms with E-state index in [0.717, 1.165) is 18.3 Å². The molecule has 92 valence electrons. The largest absolute Gasteiger partial charge is 0.393 e. The first-order valence-electron chi connectivity index (χ1n) is 6.99. The Morgan fingerprint density at radius 3 is 2.12 bits per heavy atom. The number of hydrogen-bond donors (Lipinski definition) is 1. The molecule has 3 fully saturated rings. The van der Waals surface area contributed by atoms with Crippen LogP contribution in [0, 0.1) is 28.1 Å². The highest BCUT2D eigenvalue weighted by molar-refractivity contribution is 5.15. The molecule has 0 heterocycles. The Kier molecular flexibility index (Phi) is 1.98. The van der Waals surface area contributed by atoms with Gasteiger partial charge in [0.1, 0.15) is 0 Å². The maximum atomic E-state index is 10.3. The van der Waals surface area contributed by atoms with Crippen molar-refractivity contribution in [1.29, 1.82) is 0 Å². The topological polar surface area (TPSA) is 20.2 Å². The van der Waals surface area contributed by atoms with E-state index in [1.165, 1.54) is 25.7 Å². The molecule has 0 aromatic carbocycles. The van der Waals surface area contributed by atoms with Gasteiger partial charge in [-0.3, -0.25) is 0 Å². The highest BCUT2D eigenvalue weighted by atomic mass is 16.3. The van der Waals surface area contributed by atoms with E-state index in [2.05, 4.69) is 27.7 Å². The highest BCUT2D eigenvalue weighted by Gasteiger charge is 2.66. The third kappa shape index (κ3) is 1.02. The van der Waals surface area contributed by atoms with E-state index < -0.39 is 0 Å². The van der Waals surface area contributed by atoms with Gasteiger partial charge in [0, 0.05) is 0 Å². The number of rotatable bonds is 0. The van der Waals surface area contributed by atoms with Crippen molar-refractivity contribution in [3.05, 3.63) is 0 Å². The molecule has 1 nitrogen and oxygen atoms in total. The summed E-state index contributed by atoms with van der Waals surface area (Å²) in [7, 11) is 0. The average Bonchev–Trinajstić information content (AvgIpc) is 2.41. The molecule has 3 aliphatic rings. The number of hydrogen-bond acceptors (Lipinski definition) is 1. The Morgan fingerprint density at radius 2 is 1.50 bits per heavy atom. The molecule has 3 rings (SSSR count). The Labute approximate surface area is 99.6 Å². The van der Waals surface area contributed by atoms with Crippen LogP contribution in [0.15, 0.2) is 0 Å². The van der Waals surface area contributed by atoms with Gasteiger partial charge in [0.15, 0.2) is 0 Å². The Hall–Kier alpha value is -0.0400. The van der Waals surface area contributed by atoms with Crippen molar-refractivity contribution in [2.45, 2.75) is 65.9 Å². The van der Waals surface area contributed by atoms with Crippen LogP contribution in [-0.4, -0.2) is 11.2 Å². The van der Waals surface area contributed by atoms with Gasteiger partial charge in [0.05, 0.1) is 6.10 Å². The summed E-state index contributed by atoms with van der Waals surface area (Å²) in [6, 6.07) is 0. The van der Waals surface area contributed by atoms with Crippen molar-refractivity contribution in [3.8, 4) is 0 Å². The van der Waals surface area contributed by atoms with Gasteiger partial charge >= 0.3 is 0 Å². The van der Waals surface area contributed by atoms with Crippen molar-refractivity contribution >= 4 is 0 Å². The molecule has 0 unspecified atom stereocenters. The molecule has 0 aromatic heterocycles. The van der Waals surface area contributed by atoms with Crippen LogP contribution in [0.25, 0.3) is 0 Å². The van der Waals surface area contributed by atoms with Crippen LogP contribution < -0.4 is 0 Å². The van der Waals surface area contributed by atoms with E-state index in [0.29, 0.717) is 10.8 Å². The van der Waals surface area contributed by atoms with Crippen LogP contribution in [0.4, 0.5) is 0 Å². The molecule has 1 heteroatoms. The van der Waals surface area contributed by atoms with Crippen LogP contribution in [0.3, 0.4) is 0 Å². The SMILES string of the molecule is CC1(C)C[C@H]2[C@H]1CC[C@]1(C)[C@H](O)CC[C@]21C. The normalized spacial score (nSPS) is 58.7. The number of aliphatic hydroxyl groups is 1. The molecular weight excluding hydrogens is 196 g/mol. The van der Waals surface area contributed by atoms with E-state index in [1.807, 2.05) is 0 Å². The molecule has 0 bridgehead atoms. The third-order valence-electron chi connectivity index (χ3n) is 7.01. The summed E-state index contributed by atoms with van der Waals surface area (Å²) >= 11 is 0. The lowest BCUT2D eigenvalue weighted by molar-refractivity contribution is -0.184. The second kappa shape index (κ2) is 2.85. The zero-order chi connectivity index (χ0) is 11.8. The average molecular weight is 222 g/mol. The van der Waals surface area contributed by atoms with Crippen molar-refractivity contribution < 1.29 is 5.11 Å². The van der Waals surface area contributed by atoms with E-state index in [-0.39, 0.29) is 11.5 Å². The molecular formula is C15H26O. The number of aliphatic hydroxyl groups excluding tert-OH is 1. The third-order valence-corrected chi connectivity index (χ3v) is 7.01. The zero-order valence-corrected chi connectivity index (χ0v) is 11.2. The molecule has 0 amide bonds. The molecule has 0 aromatic rings. The lowest BCUT2D eigenvalue weighted by Gasteiger charge is -2.66. The molecule has 0 saturated heterocycles. The standard InChI is InChI=1S/C15H26O/c1-13(2)9-11-10(13)5-7-15(4)12(16)6-8-14(11,15)3/h10-12,16H,5-9H2,1-4H3/t10-,11+,12-,14-,15-/m1/s1. The fourth-order valence-electron chi connectivity index (χ4n) is 5.44. The van der Waals surface area contributed by atoms with Gasteiger partial charge in [0.2, 0.25) is 0 Å². The van der Waals surface area contributed by atoms with Gasteiger partial charge in [-0.05, 0) is 60.2 Å². The van der Waals surface area contributed by atoms with Gasteiger partial charge < -0.3 is 5.11 Å². The summed E-state index contributed by atoms with van der Waals surface area (Å²) in [5, 5.41) is 10.3. The highest BCUT2D eigenvalue weighted by Crippen LogP contribution is 2.72. The second-order valence-electron chi connectivity index (χ2n) is 7.83. The van der Waals surface area contributed by atoms with Gasteiger partial charge in [-0.15, -0.1) is 0 Å². The predicted octanol–water partition coefficient (Wildman–Crippen LogP) is 3.61. The minimum absolute atomic E-state index is 0.0397. The first kappa shape index (κ1) is 11.1. The van der Waals surface area contributed by atoms with E-state index >= 15 is 0 Å². The number of fused-ring (bicyclic) bond motifs is 3. The smallest absolute Gasteiger partial charge is 0.0599 e. The van der Waals surface area contributed by atoms with Crippen molar-refractivity contribution in [2.24, 2.45) is 28.1 Å². The summed E-state index contributed by atoms with van der Waals surface area (Å²) in [6.07, 6.45) is 6.23. The van der Waals surface area contributed by atoms with E-state index in [1.54, 1.807) is 0 Å². The van der Waals surface area contributed by atoms with Crippen LogP contribution in [-0.2, 0) is 0 Å². The van der Waals surface area contributed by atoms with Crippen molar-refractivity contribution in [2.75, 3.05) is 0 Å². The molecule has 0 spiro atoms. The predicted molar refractivity (Wildman–Crippen MR) is 66.1 cm³/mol. The minimum atomic E-state index is -0.0397. The van der Waals surface area contributed by atoms with Crippen molar-refractivity contribution in [3.63, 3.8) is 0 Å². The molecule has 3 saturated carbocycles. The van der Waals surface area contributed by atoms with Crippen LogP contribution in [0.5, 0.6) is 0 Å². The summed E-state index contributed by atoms with van der Waals surface area (Å²) in [5.41, 5.74) is 1.21. The molecule has 16 heavy (non-hydrogen) atoms. The summed E-state index contributed by atoms with van der Waals surface area (Å²) in [6.45, 7) is 9.69. The first-order valence-corrected chi connectivity index (χ1v) is 6.99. The Balaban J connectivity index is 1.95. The maximum absolute atomic E-state index is 10.3. The zero-order valence-electron chi connectivity index (χ0n) is 11.2. The monoisotopic (exact) mass is 222 g/mol. The lowest BCUT2D eigenvalue weighted by Crippen LogP contribution is -2.60. The lowest BCUT2D eigenvalue weighted by atomic mass is 9.39. The van der Waals surface area contributed by atoms with E-state index in [9.17, 15) is 5.11 Å².